The van der Waals surface area contributed by atoms with Gasteiger partial charge in [-0.05, 0) is 41.3 Å². The van der Waals surface area contributed by atoms with Gasteiger partial charge in [0.2, 0.25) is 5.69 Å². The molecule has 4 N–H and O–H groups in total. The van der Waals surface area contributed by atoms with Gasteiger partial charge in [-0.25, -0.2) is 4.79 Å². The zero-order valence-electron chi connectivity index (χ0n) is 14.2. The third kappa shape index (κ3) is 4.43. The lowest BCUT2D eigenvalue weighted by molar-refractivity contribution is -1.19. The van der Waals surface area contributed by atoms with Crippen molar-refractivity contribution in [3.63, 3.8) is 0 Å². The summed E-state index contributed by atoms with van der Waals surface area (Å²) in [6.07, 6.45) is 3.98. The van der Waals surface area contributed by atoms with E-state index in [1.54, 1.807) is 19.1 Å². The van der Waals surface area contributed by atoms with Crippen LogP contribution in [0, 0.1) is 11.3 Å². The maximum absolute atomic E-state index is 11.2. The zero-order valence-corrected chi connectivity index (χ0v) is 14.2. The number of carboxylic acid groups (broad SMARTS) is 1. The van der Waals surface area contributed by atoms with Gasteiger partial charge in [-0.3, -0.25) is 0 Å². The Morgan fingerprint density at radius 3 is 2.42 bits per heavy atom. The van der Waals surface area contributed by atoms with Gasteiger partial charge in [0, 0.05) is 6.07 Å². The normalized spacial score (nSPS) is 12.1. The SMILES string of the molecule is C/C=C(C#N)\C(=C/Cc1ccc(C(=O)O)c([NH+](O)O)c1)c1ccccc1. The number of hydrogen-bond acceptors (Lipinski definition) is 4. The molecule has 0 unspecified atom stereocenters. The Balaban J connectivity index is 2.43. The summed E-state index contributed by atoms with van der Waals surface area (Å²) in [6, 6.07) is 16.0. The largest absolute Gasteiger partial charge is 0.477 e. The van der Waals surface area contributed by atoms with Crippen LogP contribution in [0.25, 0.3) is 5.57 Å². The van der Waals surface area contributed by atoms with Crippen molar-refractivity contribution in [2.24, 2.45) is 0 Å². The number of hydrogen-bond donors (Lipinski definition) is 4. The molecule has 0 aliphatic carbocycles. The van der Waals surface area contributed by atoms with Crippen molar-refractivity contribution in [1.82, 2.24) is 0 Å². The zero-order chi connectivity index (χ0) is 19.1. The summed E-state index contributed by atoms with van der Waals surface area (Å²) >= 11 is 0. The van der Waals surface area contributed by atoms with Crippen LogP contribution in [-0.4, -0.2) is 21.5 Å². The number of carbonyl (C=O) groups is 1. The number of quaternary nitrogens is 1. The maximum atomic E-state index is 11.2. The second-order valence-electron chi connectivity index (χ2n) is 5.51. The van der Waals surface area contributed by atoms with Crippen LogP contribution in [0.2, 0.25) is 0 Å². The Morgan fingerprint density at radius 2 is 1.88 bits per heavy atom. The van der Waals surface area contributed by atoms with Crippen LogP contribution in [0.15, 0.2) is 66.3 Å². The van der Waals surface area contributed by atoms with E-state index in [-0.39, 0.29) is 11.3 Å². The molecule has 0 radical (unpaired) electrons. The Kier molecular flexibility index (Phi) is 6.42. The van der Waals surface area contributed by atoms with Gasteiger partial charge in [-0.15, -0.1) is 0 Å². The summed E-state index contributed by atoms with van der Waals surface area (Å²) in [6.45, 7) is 1.79. The highest BCUT2D eigenvalue weighted by atomic mass is 16.8. The van der Waals surface area contributed by atoms with Gasteiger partial charge in [-0.2, -0.15) is 15.7 Å². The first-order chi connectivity index (χ1) is 12.5. The van der Waals surface area contributed by atoms with E-state index in [2.05, 4.69) is 6.07 Å². The number of carboxylic acids is 1. The summed E-state index contributed by atoms with van der Waals surface area (Å²) in [5.74, 6) is -1.24. The molecule has 132 valence electrons. The van der Waals surface area contributed by atoms with Gasteiger partial charge in [-0.1, -0.05) is 48.6 Å². The first kappa shape index (κ1) is 19.1. The summed E-state index contributed by atoms with van der Waals surface area (Å²) in [7, 11) is 0. The molecule has 0 atom stereocenters. The van der Waals surface area contributed by atoms with Crippen molar-refractivity contribution in [3.8, 4) is 6.07 Å². The Bertz CT molecular complexity index is 894. The van der Waals surface area contributed by atoms with Gasteiger partial charge in [0.05, 0.1) is 11.6 Å². The van der Waals surface area contributed by atoms with E-state index in [9.17, 15) is 20.5 Å². The molecule has 0 aliphatic rings. The number of nitriles is 1. The van der Waals surface area contributed by atoms with E-state index < -0.39 is 11.2 Å². The van der Waals surface area contributed by atoms with E-state index in [0.717, 1.165) is 11.1 Å². The molecule has 0 heterocycles. The van der Waals surface area contributed by atoms with Crippen molar-refractivity contribution in [1.29, 1.82) is 5.26 Å². The van der Waals surface area contributed by atoms with Gasteiger partial charge < -0.3 is 5.11 Å². The van der Waals surface area contributed by atoms with E-state index in [0.29, 0.717) is 17.6 Å². The molecule has 2 aromatic rings. The second kappa shape index (κ2) is 8.74. The van der Waals surface area contributed by atoms with Crippen molar-refractivity contribution in [3.05, 3.63) is 82.9 Å². The smallest absolute Gasteiger partial charge is 0.342 e. The third-order valence-corrected chi connectivity index (χ3v) is 3.88. The minimum Gasteiger partial charge on any atom is -0.477 e. The van der Waals surface area contributed by atoms with Crippen molar-refractivity contribution in [2.75, 3.05) is 0 Å². The number of allylic oxidation sites excluding steroid dienone is 4. The van der Waals surface area contributed by atoms with E-state index >= 15 is 0 Å². The van der Waals surface area contributed by atoms with Gasteiger partial charge >= 0.3 is 5.97 Å². The minimum atomic E-state index is -1.24. The van der Waals surface area contributed by atoms with Crippen LogP contribution < -0.4 is 5.23 Å². The van der Waals surface area contributed by atoms with Gasteiger partial charge in [0.25, 0.3) is 0 Å². The standard InChI is InChI=1S/C20H18N2O4/c1-2-15(13-21)17(16-6-4-3-5-7-16)10-8-14-9-11-18(20(23)24)19(12-14)22(25)26/h2-7,9-12,25-26H,8H2,1H3,(H,23,24)/p+1/b15-2-,17-10+. The lowest BCUT2D eigenvalue weighted by atomic mass is 9.96. The van der Waals surface area contributed by atoms with Crippen molar-refractivity contribution in [2.45, 2.75) is 13.3 Å². The molecule has 0 fully saturated rings. The summed E-state index contributed by atoms with van der Waals surface area (Å²) in [5.41, 5.74) is 2.53. The van der Waals surface area contributed by atoms with E-state index in [4.69, 9.17) is 5.11 Å². The molecular weight excluding hydrogens is 332 g/mol. The van der Waals surface area contributed by atoms with Crippen LogP contribution in [0.1, 0.15) is 28.4 Å². The molecule has 0 saturated carbocycles. The average Bonchev–Trinajstić information content (AvgIpc) is 2.65. The summed E-state index contributed by atoms with van der Waals surface area (Å²) < 4.78 is 0. The number of benzene rings is 2. The van der Waals surface area contributed by atoms with Crippen LogP contribution >= 0.6 is 0 Å². The monoisotopic (exact) mass is 351 g/mol. The molecule has 2 rings (SSSR count). The molecule has 0 aromatic heterocycles. The maximum Gasteiger partial charge on any atom is 0.342 e. The van der Waals surface area contributed by atoms with Crippen LogP contribution in [0.5, 0.6) is 0 Å². The Hall–Kier alpha value is -3.24. The molecule has 0 saturated heterocycles. The Labute approximate surface area is 151 Å². The fraction of sp³-hybridized carbons (Fsp3) is 0.100. The van der Waals surface area contributed by atoms with Crippen molar-refractivity contribution < 1.29 is 25.5 Å². The minimum absolute atomic E-state index is 0.142. The molecule has 26 heavy (non-hydrogen) atoms. The van der Waals surface area contributed by atoms with E-state index in [1.165, 1.54) is 12.1 Å². The summed E-state index contributed by atoms with van der Waals surface area (Å²) in [5, 5.41) is 36.1. The first-order valence-electron chi connectivity index (χ1n) is 7.91. The van der Waals surface area contributed by atoms with Gasteiger partial charge in [0.1, 0.15) is 5.56 Å². The van der Waals surface area contributed by atoms with E-state index in [1.807, 2.05) is 36.4 Å². The molecular formula is C20H19N2O4+. The summed E-state index contributed by atoms with van der Waals surface area (Å²) in [4.78, 5) is 11.2. The molecule has 0 bridgehead atoms. The number of nitrogens with zero attached hydrogens (tertiary/aromatic N) is 1. The molecule has 0 spiro atoms. The fourth-order valence-corrected chi connectivity index (χ4v) is 2.59. The highest BCUT2D eigenvalue weighted by Gasteiger charge is 2.19. The number of nitrogens with one attached hydrogen (secondary N) is 1. The number of rotatable bonds is 6. The van der Waals surface area contributed by atoms with Gasteiger partial charge in [0.15, 0.2) is 0 Å². The molecule has 2 aromatic carbocycles. The predicted molar refractivity (Wildman–Crippen MR) is 95.1 cm³/mol. The molecule has 6 heteroatoms. The topological polar surface area (TPSA) is 106 Å². The third-order valence-electron chi connectivity index (χ3n) is 3.88. The van der Waals surface area contributed by atoms with Crippen LogP contribution in [0.4, 0.5) is 5.69 Å². The molecule has 6 nitrogen and oxygen atoms in total. The molecule has 0 amide bonds. The lowest BCUT2D eigenvalue weighted by Crippen LogP contribution is -3.02. The highest BCUT2D eigenvalue weighted by molar-refractivity contribution is 5.92. The molecule has 0 aliphatic heterocycles. The van der Waals surface area contributed by atoms with Crippen LogP contribution in [0.3, 0.4) is 0 Å². The van der Waals surface area contributed by atoms with Crippen LogP contribution in [-0.2, 0) is 6.42 Å². The quantitative estimate of drug-likeness (QED) is 0.364. The van der Waals surface area contributed by atoms with Crippen molar-refractivity contribution >= 4 is 17.2 Å². The lowest BCUT2D eigenvalue weighted by Gasteiger charge is -2.09. The fourth-order valence-electron chi connectivity index (χ4n) is 2.59. The second-order valence-corrected chi connectivity index (χ2v) is 5.51. The Morgan fingerprint density at radius 1 is 1.19 bits per heavy atom. The number of aromatic carboxylic acids is 1. The highest BCUT2D eigenvalue weighted by Crippen LogP contribution is 2.24. The predicted octanol–water partition coefficient (Wildman–Crippen LogP) is 2.78. The first-order valence-corrected chi connectivity index (χ1v) is 7.91. The average molecular weight is 351 g/mol.